The molecule has 122 valence electrons. The Morgan fingerprint density at radius 3 is 1.00 bits per heavy atom. The van der Waals surface area contributed by atoms with E-state index in [1.54, 1.807) is 0 Å². The molecule has 0 aromatic carbocycles. The summed E-state index contributed by atoms with van der Waals surface area (Å²) in [6.45, 7) is 19.1. The molecule has 0 nitrogen and oxygen atoms in total. The lowest BCUT2D eigenvalue weighted by molar-refractivity contribution is 0.140. The lowest BCUT2D eigenvalue weighted by Gasteiger charge is -2.38. The van der Waals surface area contributed by atoms with Gasteiger partial charge in [-0.3, -0.25) is 0 Å². The van der Waals surface area contributed by atoms with Crippen molar-refractivity contribution in [2.45, 2.75) is 100 Å². The standard InChI is InChI=1S/C20H42/c1-16(2)9-12-20(15-19(7)8,13-10-17(3)4)14-11-18(5)6/h16-19H,9-15H2,1-8H3. The van der Waals surface area contributed by atoms with Gasteiger partial charge < -0.3 is 0 Å². The molecule has 0 unspecified atom stereocenters. The number of hydrogen-bond donors (Lipinski definition) is 0. The summed E-state index contributed by atoms with van der Waals surface area (Å²) in [6.07, 6.45) is 9.99. The third-order valence-corrected chi connectivity index (χ3v) is 4.60. The van der Waals surface area contributed by atoms with Gasteiger partial charge in [0, 0.05) is 0 Å². The van der Waals surface area contributed by atoms with Crippen molar-refractivity contribution in [2.24, 2.45) is 29.1 Å². The van der Waals surface area contributed by atoms with Gasteiger partial charge in [0.15, 0.2) is 0 Å². The van der Waals surface area contributed by atoms with Gasteiger partial charge >= 0.3 is 0 Å². The van der Waals surface area contributed by atoms with Crippen LogP contribution in [0.25, 0.3) is 0 Å². The summed E-state index contributed by atoms with van der Waals surface area (Å²) in [5, 5.41) is 0. The van der Waals surface area contributed by atoms with Gasteiger partial charge in [-0.2, -0.15) is 0 Å². The van der Waals surface area contributed by atoms with Crippen LogP contribution >= 0.6 is 0 Å². The van der Waals surface area contributed by atoms with Crippen LogP contribution in [-0.4, -0.2) is 0 Å². The fraction of sp³-hybridized carbons (Fsp3) is 1.00. The Balaban J connectivity index is 4.84. The molecule has 0 radical (unpaired) electrons. The van der Waals surface area contributed by atoms with Gasteiger partial charge in [0.05, 0.1) is 0 Å². The fourth-order valence-electron chi connectivity index (χ4n) is 3.33. The Hall–Kier alpha value is 0. The van der Waals surface area contributed by atoms with Crippen LogP contribution in [0.2, 0.25) is 0 Å². The molecule has 0 bridgehead atoms. The summed E-state index contributed by atoms with van der Waals surface area (Å²) in [4.78, 5) is 0. The molecular formula is C20H42. The molecule has 0 saturated heterocycles. The highest BCUT2D eigenvalue weighted by molar-refractivity contribution is 4.82. The lowest BCUT2D eigenvalue weighted by atomic mass is 9.68. The summed E-state index contributed by atoms with van der Waals surface area (Å²) in [7, 11) is 0. The Morgan fingerprint density at radius 1 is 0.500 bits per heavy atom. The van der Waals surface area contributed by atoms with Gasteiger partial charge in [-0.15, -0.1) is 0 Å². The maximum atomic E-state index is 2.41. The molecule has 0 amide bonds. The van der Waals surface area contributed by atoms with E-state index in [0.717, 1.165) is 23.7 Å². The second-order valence-corrected chi connectivity index (χ2v) is 8.90. The Bertz CT molecular complexity index is 191. The summed E-state index contributed by atoms with van der Waals surface area (Å²) >= 11 is 0. The molecule has 20 heavy (non-hydrogen) atoms. The minimum atomic E-state index is 0.618. The first-order chi connectivity index (χ1) is 9.17. The smallest absolute Gasteiger partial charge is 0.0295 e. The zero-order valence-electron chi connectivity index (χ0n) is 15.8. The van der Waals surface area contributed by atoms with Crippen molar-refractivity contribution in [1.82, 2.24) is 0 Å². The van der Waals surface area contributed by atoms with Gasteiger partial charge in [-0.05, 0) is 54.8 Å². The third kappa shape index (κ3) is 9.83. The molecule has 0 fully saturated rings. The largest absolute Gasteiger partial charge is 0.0628 e. The van der Waals surface area contributed by atoms with E-state index in [4.69, 9.17) is 0 Å². The predicted octanol–water partition coefficient (Wildman–Crippen LogP) is 7.33. The number of rotatable bonds is 11. The molecule has 0 saturated carbocycles. The van der Waals surface area contributed by atoms with Crippen LogP contribution < -0.4 is 0 Å². The predicted molar refractivity (Wildman–Crippen MR) is 94.1 cm³/mol. The van der Waals surface area contributed by atoms with Crippen LogP contribution in [0.1, 0.15) is 100 Å². The third-order valence-electron chi connectivity index (χ3n) is 4.60. The Labute approximate surface area is 130 Å². The maximum Gasteiger partial charge on any atom is -0.0295 e. The molecule has 0 spiro atoms. The zero-order chi connectivity index (χ0) is 15.8. The van der Waals surface area contributed by atoms with Crippen LogP contribution in [0.4, 0.5) is 0 Å². The maximum absolute atomic E-state index is 2.41. The first kappa shape index (κ1) is 20.0. The van der Waals surface area contributed by atoms with E-state index in [1.807, 2.05) is 0 Å². The van der Waals surface area contributed by atoms with Gasteiger partial charge in [-0.25, -0.2) is 0 Å². The molecule has 0 aliphatic carbocycles. The molecule has 0 aliphatic heterocycles. The normalized spacial score (nSPS) is 13.2. The molecule has 0 N–H and O–H groups in total. The quantitative estimate of drug-likeness (QED) is 0.372. The minimum absolute atomic E-state index is 0.618. The molecular weight excluding hydrogens is 240 g/mol. The highest BCUT2D eigenvalue weighted by Gasteiger charge is 2.30. The van der Waals surface area contributed by atoms with Gasteiger partial charge in [0.1, 0.15) is 0 Å². The van der Waals surface area contributed by atoms with E-state index >= 15 is 0 Å². The molecule has 0 aliphatic rings. The SMILES string of the molecule is CC(C)CCC(CCC(C)C)(CCC(C)C)CC(C)C. The molecule has 0 aromatic rings. The highest BCUT2D eigenvalue weighted by atomic mass is 14.4. The lowest BCUT2D eigenvalue weighted by Crippen LogP contribution is -2.25. The van der Waals surface area contributed by atoms with E-state index in [-0.39, 0.29) is 0 Å². The van der Waals surface area contributed by atoms with Crippen LogP contribution in [-0.2, 0) is 0 Å². The van der Waals surface area contributed by atoms with Gasteiger partial charge in [0.25, 0.3) is 0 Å². The first-order valence-corrected chi connectivity index (χ1v) is 9.17. The second-order valence-electron chi connectivity index (χ2n) is 8.90. The van der Waals surface area contributed by atoms with Crippen molar-refractivity contribution in [1.29, 1.82) is 0 Å². The molecule has 0 heterocycles. The van der Waals surface area contributed by atoms with Crippen molar-refractivity contribution in [3.05, 3.63) is 0 Å². The molecule has 0 atom stereocenters. The van der Waals surface area contributed by atoms with Crippen LogP contribution in [0.3, 0.4) is 0 Å². The average Bonchev–Trinajstić information content (AvgIpc) is 2.30. The fourth-order valence-corrected chi connectivity index (χ4v) is 3.33. The van der Waals surface area contributed by atoms with Crippen molar-refractivity contribution < 1.29 is 0 Å². The van der Waals surface area contributed by atoms with Gasteiger partial charge in [-0.1, -0.05) is 74.7 Å². The monoisotopic (exact) mass is 282 g/mol. The van der Waals surface area contributed by atoms with E-state index in [1.165, 1.54) is 44.9 Å². The topological polar surface area (TPSA) is 0 Å². The van der Waals surface area contributed by atoms with Crippen molar-refractivity contribution in [2.75, 3.05) is 0 Å². The highest BCUT2D eigenvalue weighted by Crippen LogP contribution is 2.43. The summed E-state index contributed by atoms with van der Waals surface area (Å²) in [5.74, 6) is 3.38. The van der Waals surface area contributed by atoms with Crippen LogP contribution in [0, 0.1) is 29.1 Å². The second kappa shape index (κ2) is 9.85. The summed E-state index contributed by atoms with van der Waals surface area (Å²) in [6, 6.07) is 0. The summed E-state index contributed by atoms with van der Waals surface area (Å²) < 4.78 is 0. The van der Waals surface area contributed by atoms with E-state index < -0.39 is 0 Å². The molecule has 0 heteroatoms. The van der Waals surface area contributed by atoms with Crippen LogP contribution in [0.15, 0.2) is 0 Å². The Kier molecular flexibility index (Phi) is 9.85. The van der Waals surface area contributed by atoms with E-state index in [0.29, 0.717) is 5.41 Å². The van der Waals surface area contributed by atoms with E-state index in [2.05, 4.69) is 55.4 Å². The minimum Gasteiger partial charge on any atom is -0.0628 e. The number of hydrogen-bond acceptors (Lipinski definition) is 0. The van der Waals surface area contributed by atoms with Crippen LogP contribution in [0.5, 0.6) is 0 Å². The summed E-state index contributed by atoms with van der Waals surface area (Å²) in [5.41, 5.74) is 0.618. The Morgan fingerprint density at radius 2 is 0.800 bits per heavy atom. The van der Waals surface area contributed by atoms with Crippen molar-refractivity contribution in [3.8, 4) is 0 Å². The van der Waals surface area contributed by atoms with E-state index in [9.17, 15) is 0 Å². The molecule has 0 rings (SSSR count). The average molecular weight is 283 g/mol. The van der Waals surface area contributed by atoms with Crippen molar-refractivity contribution >= 4 is 0 Å². The van der Waals surface area contributed by atoms with Crippen molar-refractivity contribution in [3.63, 3.8) is 0 Å². The molecule has 0 aromatic heterocycles. The zero-order valence-corrected chi connectivity index (χ0v) is 15.8. The van der Waals surface area contributed by atoms with Gasteiger partial charge in [0.2, 0.25) is 0 Å². The first-order valence-electron chi connectivity index (χ1n) is 9.17.